The van der Waals surface area contributed by atoms with Gasteiger partial charge >= 0.3 is 0 Å². The molecule has 2 aromatic carbocycles. The summed E-state index contributed by atoms with van der Waals surface area (Å²) in [7, 11) is 0. The van der Waals surface area contributed by atoms with E-state index in [1.165, 1.54) is 0 Å². The van der Waals surface area contributed by atoms with Crippen LogP contribution in [0.4, 0.5) is 0 Å². The van der Waals surface area contributed by atoms with Crippen LogP contribution in [0.15, 0.2) is 66.9 Å². The third-order valence-electron chi connectivity index (χ3n) is 5.59. The third-order valence-corrected chi connectivity index (χ3v) is 5.59. The molecule has 2 heterocycles. The van der Waals surface area contributed by atoms with Gasteiger partial charge in [0.15, 0.2) is 0 Å². The number of likely N-dealkylation sites (tertiary alicyclic amines) is 1. The van der Waals surface area contributed by atoms with Crippen molar-refractivity contribution in [2.24, 2.45) is 0 Å². The fraction of sp³-hybridized carbons (Fsp3) is 0.320. The lowest BCUT2D eigenvalue weighted by Gasteiger charge is -2.20. The number of nitrogens with zero attached hydrogens (tertiary/aromatic N) is 3. The van der Waals surface area contributed by atoms with Gasteiger partial charge in [-0.15, -0.1) is 0 Å². The van der Waals surface area contributed by atoms with E-state index in [9.17, 15) is 9.59 Å². The van der Waals surface area contributed by atoms with Crippen LogP contribution in [0.3, 0.4) is 0 Å². The van der Waals surface area contributed by atoms with Gasteiger partial charge in [-0.2, -0.15) is 5.10 Å². The van der Waals surface area contributed by atoms with Crippen molar-refractivity contribution in [3.05, 3.63) is 72.4 Å². The molecule has 0 saturated carbocycles. The largest absolute Gasteiger partial charge is 0.352 e. The molecule has 31 heavy (non-hydrogen) atoms. The number of hydrogen-bond acceptors (Lipinski definition) is 3. The first kappa shape index (κ1) is 20.8. The minimum Gasteiger partial charge on any atom is -0.352 e. The number of carbonyl (C=O) groups is 2. The van der Waals surface area contributed by atoms with Crippen molar-refractivity contribution in [1.29, 1.82) is 0 Å². The van der Waals surface area contributed by atoms with Crippen LogP contribution in [-0.2, 0) is 4.79 Å². The van der Waals surface area contributed by atoms with Gasteiger partial charge in [-0.05, 0) is 31.4 Å². The molecule has 1 aliphatic rings. The number of para-hydroxylation sites is 1. The highest BCUT2D eigenvalue weighted by Crippen LogP contribution is 2.23. The zero-order valence-corrected chi connectivity index (χ0v) is 17.7. The molecule has 0 radical (unpaired) electrons. The first-order valence-corrected chi connectivity index (χ1v) is 11.0. The Labute approximate surface area is 182 Å². The van der Waals surface area contributed by atoms with Crippen LogP contribution in [0.1, 0.15) is 42.5 Å². The summed E-state index contributed by atoms with van der Waals surface area (Å²) in [5.41, 5.74) is 3.00. The monoisotopic (exact) mass is 416 g/mol. The van der Waals surface area contributed by atoms with Crippen molar-refractivity contribution in [2.75, 3.05) is 19.6 Å². The van der Waals surface area contributed by atoms with E-state index in [4.69, 9.17) is 5.10 Å². The van der Waals surface area contributed by atoms with Crippen LogP contribution in [0.25, 0.3) is 16.9 Å². The van der Waals surface area contributed by atoms with Crippen molar-refractivity contribution in [3.8, 4) is 16.9 Å². The number of aromatic nitrogens is 2. The number of hydrogen-bond donors (Lipinski definition) is 1. The zero-order valence-electron chi connectivity index (χ0n) is 17.7. The van der Waals surface area contributed by atoms with Gasteiger partial charge < -0.3 is 10.2 Å². The number of benzene rings is 2. The summed E-state index contributed by atoms with van der Waals surface area (Å²) < 4.78 is 1.74. The average molecular weight is 417 g/mol. The normalized spacial score (nSPS) is 14.3. The number of nitrogens with one attached hydrogen (secondary N) is 1. The molecular formula is C25H28N4O2. The second kappa shape index (κ2) is 10.1. The quantitative estimate of drug-likeness (QED) is 0.591. The second-order valence-corrected chi connectivity index (χ2v) is 7.84. The maximum Gasteiger partial charge on any atom is 0.255 e. The van der Waals surface area contributed by atoms with E-state index in [1.807, 2.05) is 65.6 Å². The lowest BCUT2D eigenvalue weighted by atomic mass is 10.1. The van der Waals surface area contributed by atoms with Crippen molar-refractivity contribution >= 4 is 11.8 Å². The summed E-state index contributed by atoms with van der Waals surface area (Å²) in [6.45, 7) is 2.04. The smallest absolute Gasteiger partial charge is 0.255 e. The van der Waals surface area contributed by atoms with E-state index < -0.39 is 0 Å². The molecular weight excluding hydrogens is 388 g/mol. The summed E-state index contributed by atoms with van der Waals surface area (Å²) in [5.74, 6) is 0.0857. The van der Waals surface area contributed by atoms with Gasteiger partial charge in [-0.25, -0.2) is 4.68 Å². The zero-order chi connectivity index (χ0) is 21.5. The van der Waals surface area contributed by atoms with Gasteiger partial charge in [-0.1, -0.05) is 55.0 Å². The van der Waals surface area contributed by atoms with Crippen LogP contribution in [0.5, 0.6) is 0 Å². The molecule has 1 fully saturated rings. The summed E-state index contributed by atoms with van der Waals surface area (Å²) in [4.78, 5) is 27.1. The Morgan fingerprint density at radius 3 is 2.48 bits per heavy atom. The number of amides is 2. The summed E-state index contributed by atoms with van der Waals surface area (Å²) in [6.07, 6.45) is 6.34. The molecule has 0 aliphatic carbocycles. The van der Waals surface area contributed by atoms with E-state index in [2.05, 4.69) is 5.32 Å². The van der Waals surface area contributed by atoms with Crippen molar-refractivity contribution in [2.45, 2.75) is 32.1 Å². The second-order valence-electron chi connectivity index (χ2n) is 7.84. The SMILES string of the molecule is O=C(NCCCN1CCCCCC1=O)c1cn(-c2ccccc2)nc1-c1ccccc1. The number of rotatable bonds is 7. The van der Waals surface area contributed by atoms with Gasteiger partial charge in [-0.3, -0.25) is 9.59 Å². The molecule has 6 nitrogen and oxygen atoms in total. The van der Waals surface area contributed by atoms with Crippen LogP contribution in [-0.4, -0.2) is 46.1 Å². The van der Waals surface area contributed by atoms with E-state index in [-0.39, 0.29) is 11.8 Å². The maximum atomic E-state index is 13.0. The Morgan fingerprint density at radius 1 is 0.968 bits per heavy atom. The maximum absolute atomic E-state index is 13.0. The predicted octanol–water partition coefficient (Wildman–Crippen LogP) is 4.06. The topological polar surface area (TPSA) is 67.2 Å². The molecule has 3 aromatic rings. The Bertz CT molecular complexity index is 1010. The van der Waals surface area contributed by atoms with Crippen molar-refractivity contribution in [3.63, 3.8) is 0 Å². The highest BCUT2D eigenvalue weighted by molar-refractivity contribution is 5.99. The highest BCUT2D eigenvalue weighted by Gasteiger charge is 2.19. The molecule has 1 saturated heterocycles. The van der Waals surface area contributed by atoms with E-state index in [0.29, 0.717) is 30.8 Å². The summed E-state index contributed by atoms with van der Waals surface area (Å²) in [5, 5.41) is 7.71. The predicted molar refractivity (Wildman–Crippen MR) is 121 cm³/mol. The molecule has 0 atom stereocenters. The van der Waals surface area contributed by atoms with Crippen molar-refractivity contribution in [1.82, 2.24) is 20.0 Å². The van der Waals surface area contributed by atoms with E-state index in [0.717, 1.165) is 43.5 Å². The minimum atomic E-state index is -0.150. The molecule has 1 aliphatic heterocycles. The minimum absolute atomic E-state index is 0.150. The van der Waals surface area contributed by atoms with E-state index in [1.54, 1.807) is 10.9 Å². The van der Waals surface area contributed by atoms with Gasteiger partial charge in [0.05, 0.1) is 11.3 Å². The van der Waals surface area contributed by atoms with Crippen LogP contribution < -0.4 is 5.32 Å². The summed E-state index contributed by atoms with van der Waals surface area (Å²) >= 11 is 0. The molecule has 1 N–H and O–H groups in total. The third kappa shape index (κ3) is 5.20. The fourth-order valence-electron chi connectivity index (χ4n) is 3.90. The van der Waals surface area contributed by atoms with Gasteiger partial charge in [0.25, 0.3) is 5.91 Å². The standard InChI is InChI=1S/C25H28N4O2/c30-23-15-8-3-9-17-28(23)18-10-16-26-25(31)22-19-29(21-13-6-2-7-14-21)27-24(22)20-11-4-1-5-12-20/h1-2,4-7,11-14,19H,3,8-10,15-18H2,(H,26,31). The lowest BCUT2D eigenvalue weighted by molar-refractivity contribution is -0.130. The number of carbonyl (C=O) groups excluding carboxylic acids is 2. The summed E-state index contributed by atoms with van der Waals surface area (Å²) in [6, 6.07) is 19.5. The van der Waals surface area contributed by atoms with Crippen molar-refractivity contribution < 1.29 is 9.59 Å². The highest BCUT2D eigenvalue weighted by atomic mass is 16.2. The molecule has 6 heteroatoms. The van der Waals surface area contributed by atoms with E-state index >= 15 is 0 Å². The molecule has 1 aromatic heterocycles. The average Bonchev–Trinajstić information content (AvgIpc) is 3.16. The Kier molecular flexibility index (Phi) is 6.77. The first-order chi connectivity index (χ1) is 15.2. The molecule has 4 rings (SSSR count). The molecule has 2 amide bonds. The van der Waals surface area contributed by atoms with Gasteiger partial charge in [0, 0.05) is 37.8 Å². The van der Waals surface area contributed by atoms with Crippen LogP contribution in [0, 0.1) is 0 Å². The Morgan fingerprint density at radius 2 is 1.71 bits per heavy atom. The first-order valence-electron chi connectivity index (χ1n) is 11.0. The van der Waals surface area contributed by atoms with Gasteiger partial charge in [0.1, 0.15) is 5.69 Å². The Balaban J connectivity index is 1.45. The molecule has 160 valence electrons. The molecule has 0 bridgehead atoms. The Hall–Kier alpha value is -3.41. The molecule has 0 spiro atoms. The fourth-order valence-corrected chi connectivity index (χ4v) is 3.90. The van der Waals surface area contributed by atoms with Crippen LogP contribution >= 0.6 is 0 Å². The molecule has 0 unspecified atom stereocenters. The van der Waals surface area contributed by atoms with Gasteiger partial charge in [0.2, 0.25) is 5.91 Å². The lowest BCUT2D eigenvalue weighted by Crippen LogP contribution is -2.34. The van der Waals surface area contributed by atoms with Crippen LogP contribution in [0.2, 0.25) is 0 Å².